The Hall–Kier alpha value is -2.69. The number of carboxylic acids is 1. The summed E-state index contributed by atoms with van der Waals surface area (Å²) >= 11 is 0. The molecule has 0 saturated heterocycles. The summed E-state index contributed by atoms with van der Waals surface area (Å²) in [4.78, 5) is 15.2. The largest absolute Gasteiger partial charge is 0.479 e. The highest BCUT2D eigenvalue weighted by molar-refractivity contribution is 5.73. The van der Waals surface area contributed by atoms with Gasteiger partial charge in [0.1, 0.15) is 11.6 Å². The third-order valence-electron chi connectivity index (χ3n) is 7.96. The first-order valence-electron chi connectivity index (χ1n) is 11.2. The van der Waals surface area contributed by atoms with Crippen LogP contribution in [0.2, 0.25) is 0 Å². The number of carbonyl (C=O) groups is 1. The van der Waals surface area contributed by atoms with E-state index in [1.165, 1.54) is 22.9 Å². The van der Waals surface area contributed by atoms with Gasteiger partial charge in [-0.1, -0.05) is 19.1 Å². The highest BCUT2D eigenvalue weighted by Gasteiger charge is 2.52. The van der Waals surface area contributed by atoms with Crippen molar-refractivity contribution in [3.05, 3.63) is 65.2 Å². The fourth-order valence-corrected chi connectivity index (χ4v) is 6.46. The number of benzene rings is 1. The summed E-state index contributed by atoms with van der Waals surface area (Å²) in [6.45, 7) is 3.91. The van der Waals surface area contributed by atoms with E-state index in [1.54, 1.807) is 19.2 Å². The predicted octanol–water partition coefficient (Wildman–Crippen LogP) is 5.62. The summed E-state index contributed by atoms with van der Waals surface area (Å²) in [5.74, 6) is 1.08. The molecule has 1 aromatic heterocycles. The Morgan fingerprint density at radius 3 is 2.90 bits per heavy atom. The Kier molecular flexibility index (Phi) is 4.87. The second-order valence-corrected chi connectivity index (χ2v) is 9.58. The highest BCUT2D eigenvalue weighted by Crippen LogP contribution is 2.63. The lowest BCUT2D eigenvalue weighted by Gasteiger charge is -2.50. The van der Waals surface area contributed by atoms with Crippen LogP contribution in [-0.2, 0) is 11.2 Å². The Labute approximate surface area is 182 Å². The molecule has 162 valence electrons. The van der Waals surface area contributed by atoms with Gasteiger partial charge in [0.2, 0.25) is 0 Å². The fourth-order valence-electron chi connectivity index (χ4n) is 6.46. The van der Waals surface area contributed by atoms with Crippen molar-refractivity contribution in [1.82, 2.24) is 4.98 Å². The third-order valence-corrected chi connectivity index (χ3v) is 7.96. The number of allylic oxidation sites excluding steroid dienone is 2. The van der Waals surface area contributed by atoms with E-state index in [0.29, 0.717) is 23.5 Å². The zero-order chi connectivity index (χ0) is 21.8. The molecule has 2 aromatic rings. The van der Waals surface area contributed by atoms with Gasteiger partial charge in [0.15, 0.2) is 6.10 Å². The maximum Gasteiger partial charge on any atom is 0.344 e. The van der Waals surface area contributed by atoms with E-state index in [9.17, 15) is 9.18 Å². The summed E-state index contributed by atoms with van der Waals surface area (Å²) in [7, 11) is 0. The zero-order valence-corrected chi connectivity index (χ0v) is 18.0. The van der Waals surface area contributed by atoms with Gasteiger partial charge in [-0.25, -0.2) is 9.18 Å². The van der Waals surface area contributed by atoms with Crippen molar-refractivity contribution < 1.29 is 19.0 Å². The monoisotopic (exact) mass is 421 g/mol. The molecular formula is C26H28FNO3. The number of rotatable bonds is 4. The number of nitrogens with zero attached hydrogens (tertiary/aromatic N) is 1. The van der Waals surface area contributed by atoms with Crippen molar-refractivity contribution in [3.63, 3.8) is 0 Å². The molecule has 0 spiro atoms. The first-order valence-corrected chi connectivity index (χ1v) is 11.2. The summed E-state index contributed by atoms with van der Waals surface area (Å²) in [5, 5.41) is 9.11. The van der Waals surface area contributed by atoms with Gasteiger partial charge in [0, 0.05) is 6.20 Å². The molecule has 4 unspecified atom stereocenters. The second-order valence-electron chi connectivity index (χ2n) is 9.58. The predicted molar refractivity (Wildman–Crippen MR) is 116 cm³/mol. The molecule has 1 aromatic carbocycles. The fraction of sp³-hybridized carbons (Fsp3) is 0.462. The number of fused-ring (bicyclic) bond motifs is 5. The average molecular weight is 422 g/mol. The highest BCUT2D eigenvalue weighted by atomic mass is 19.1. The molecular weight excluding hydrogens is 393 g/mol. The molecule has 0 bridgehead atoms. The normalized spacial score (nSPS) is 29.9. The van der Waals surface area contributed by atoms with E-state index in [4.69, 9.17) is 9.84 Å². The molecule has 0 aliphatic heterocycles. The van der Waals surface area contributed by atoms with Crippen molar-refractivity contribution in [3.8, 4) is 5.75 Å². The lowest BCUT2D eigenvalue weighted by Crippen LogP contribution is -2.40. The number of carboxylic acid groups (broad SMARTS) is 1. The Morgan fingerprint density at radius 2 is 2.13 bits per heavy atom. The minimum atomic E-state index is -0.956. The van der Waals surface area contributed by atoms with E-state index < -0.39 is 12.1 Å². The van der Waals surface area contributed by atoms with Crippen LogP contribution in [0.3, 0.4) is 0 Å². The third kappa shape index (κ3) is 3.35. The van der Waals surface area contributed by atoms with Crippen molar-refractivity contribution in [2.45, 2.75) is 58.0 Å². The molecule has 1 saturated carbocycles. The minimum Gasteiger partial charge on any atom is -0.479 e. The van der Waals surface area contributed by atoms with Crippen LogP contribution in [0.15, 0.2) is 42.7 Å². The van der Waals surface area contributed by atoms with Crippen LogP contribution in [-0.4, -0.2) is 22.2 Å². The molecule has 5 rings (SSSR count). The topological polar surface area (TPSA) is 59.4 Å². The Bertz CT molecular complexity index is 1060. The molecule has 0 amide bonds. The molecule has 0 radical (unpaired) electrons. The first-order chi connectivity index (χ1) is 14.9. The van der Waals surface area contributed by atoms with Crippen LogP contribution in [0.4, 0.5) is 4.39 Å². The summed E-state index contributed by atoms with van der Waals surface area (Å²) in [5.41, 5.74) is 4.94. The van der Waals surface area contributed by atoms with Crippen LogP contribution in [0, 0.1) is 23.1 Å². The first kappa shape index (κ1) is 20.2. The van der Waals surface area contributed by atoms with Crippen molar-refractivity contribution in [1.29, 1.82) is 0 Å². The molecule has 31 heavy (non-hydrogen) atoms. The van der Waals surface area contributed by atoms with Gasteiger partial charge < -0.3 is 9.84 Å². The van der Waals surface area contributed by atoms with Crippen LogP contribution in [0.1, 0.15) is 62.1 Å². The standard InChI is InChI=1S/C26H28FNO3/c1-15(25(29)30)31-19-4-6-20-16(12-19)3-5-22-21(20)9-10-26(2)23(7-8-24(22)26)17-11-18(27)14-28-13-17/h4,6-7,11-15,21-22,24H,3,5,8-10H2,1-2H3,(H,29,30)/t15?,21?,22?,24?,26-/m1/s1. The van der Waals surface area contributed by atoms with E-state index in [0.717, 1.165) is 37.7 Å². The van der Waals surface area contributed by atoms with Crippen LogP contribution >= 0.6 is 0 Å². The van der Waals surface area contributed by atoms with Gasteiger partial charge in [-0.15, -0.1) is 0 Å². The Balaban J connectivity index is 1.39. The van der Waals surface area contributed by atoms with E-state index >= 15 is 0 Å². The summed E-state index contributed by atoms with van der Waals surface area (Å²) in [6, 6.07) is 7.73. The molecule has 5 heteroatoms. The molecule has 4 nitrogen and oxygen atoms in total. The van der Waals surface area contributed by atoms with E-state index in [1.807, 2.05) is 12.1 Å². The molecule has 5 atom stereocenters. The Morgan fingerprint density at radius 1 is 1.29 bits per heavy atom. The van der Waals surface area contributed by atoms with Crippen LogP contribution in [0.5, 0.6) is 5.75 Å². The van der Waals surface area contributed by atoms with Gasteiger partial charge in [-0.2, -0.15) is 0 Å². The minimum absolute atomic E-state index is 0.0636. The number of aryl methyl sites for hydroxylation is 1. The number of hydrogen-bond acceptors (Lipinski definition) is 3. The SMILES string of the molecule is CC(Oc1ccc2c(c1)CCC1C2CC[C@]2(C)C(c3cncc(F)c3)=CCC12)C(=O)O. The zero-order valence-electron chi connectivity index (χ0n) is 18.0. The average Bonchev–Trinajstić information content (AvgIpc) is 3.10. The number of hydrogen-bond donors (Lipinski definition) is 1. The lowest BCUT2D eigenvalue weighted by molar-refractivity contribution is -0.144. The molecule has 1 heterocycles. The van der Waals surface area contributed by atoms with Crippen molar-refractivity contribution in [2.24, 2.45) is 17.3 Å². The molecule has 3 aliphatic rings. The van der Waals surface area contributed by atoms with Gasteiger partial charge in [0.25, 0.3) is 0 Å². The van der Waals surface area contributed by atoms with Gasteiger partial charge in [0.05, 0.1) is 6.20 Å². The van der Waals surface area contributed by atoms with Crippen LogP contribution < -0.4 is 4.74 Å². The van der Waals surface area contributed by atoms with Crippen molar-refractivity contribution in [2.75, 3.05) is 0 Å². The number of halogens is 1. The van der Waals surface area contributed by atoms with E-state index in [2.05, 4.69) is 24.1 Å². The number of pyridine rings is 1. The molecule has 1 fully saturated rings. The number of aliphatic carboxylic acids is 1. The lowest BCUT2D eigenvalue weighted by atomic mass is 9.54. The molecule has 3 aliphatic carbocycles. The van der Waals surface area contributed by atoms with Crippen molar-refractivity contribution >= 4 is 11.5 Å². The maximum atomic E-state index is 13.8. The number of aromatic nitrogens is 1. The second kappa shape index (κ2) is 7.47. The van der Waals surface area contributed by atoms with Gasteiger partial charge in [-0.05, 0) is 103 Å². The number of ether oxygens (including phenoxy) is 1. The van der Waals surface area contributed by atoms with Gasteiger partial charge >= 0.3 is 5.97 Å². The summed E-state index contributed by atoms with van der Waals surface area (Å²) in [6.07, 6.45) is 9.86. The van der Waals surface area contributed by atoms with Crippen LogP contribution in [0.25, 0.3) is 5.57 Å². The smallest absolute Gasteiger partial charge is 0.344 e. The maximum absolute atomic E-state index is 13.8. The quantitative estimate of drug-likeness (QED) is 0.696. The van der Waals surface area contributed by atoms with Gasteiger partial charge in [-0.3, -0.25) is 4.98 Å². The van der Waals surface area contributed by atoms with E-state index in [-0.39, 0.29) is 11.2 Å². The summed E-state index contributed by atoms with van der Waals surface area (Å²) < 4.78 is 19.4. The molecule has 1 N–H and O–H groups in total.